The Hall–Kier alpha value is -1.98. The SMILES string of the molecule is CCn1nc(C)c(N)c1NCc1cn(C)nc1C. The van der Waals surface area contributed by atoms with Gasteiger partial charge in [-0.2, -0.15) is 10.2 Å². The predicted octanol–water partition coefficient (Wildman–Crippen LogP) is 1.45. The Kier molecular flexibility index (Phi) is 3.27. The molecular weight excluding hydrogens is 228 g/mol. The van der Waals surface area contributed by atoms with E-state index in [1.165, 1.54) is 5.56 Å². The first-order valence-corrected chi connectivity index (χ1v) is 6.08. The van der Waals surface area contributed by atoms with Gasteiger partial charge in [-0.1, -0.05) is 0 Å². The molecule has 2 aromatic heterocycles. The maximum atomic E-state index is 6.02. The lowest BCUT2D eigenvalue weighted by Gasteiger charge is -2.08. The molecule has 0 radical (unpaired) electrons. The zero-order chi connectivity index (χ0) is 13.3. The lowest BCUT2D eigenvalue weighted by atomic mass is 10.2. The second-order valence-corrected chi connectivity index (χ2v) is 4.43. The van der Waals surface area contributed by atoms with Gasteiger partial charge in [-0.05, 0) is 20.8 Å². The highest BCUT2D eigenvalue weighted by Gasteiger charge is 2.12. The van der Waals surface area contributed by atoms with E-state index < -0.39 is 0 Å². The van der Waals surface area contributed by atoms with Crippen molar-refractivity contribution in [3.8, 4) is 0 Å². The van der Waals surface area contributed by atoms with E-state index in [-0.39, 0.29) is 0 Å². The van der Waals surface area contributed by atoms with Gasteiger partial charge in [-0.3, -0.25) is 4.68 Å². The summed E-state index contributed by atoms with van der Waals surface area (Å²) >= 11 is 0. The lowest BCUT2D eigenvalue weighted by Crippen LogP contribution is -2.08. The topological polar surface area (TPSA) is 73.7 Å². The average Bonchev–Trinajstić information content (AvgIpc) is 2.78. The van der Waals surface area contributed by atoms with Crippen LogP contribution in [0.4, 0.5) is 11.5 Å². The molecule has 0 aliphatic carbocycles. The monoisotopic (exact) mass is 248 g/mol. The van der Waals surface area contributed by atoms with Gasteiger partial charge in [-0.25, -0.2) is 4.68 Å². The van der Waals surface area contributed by atoms with Gasteiger partial charge in [0.2, 0.25) is 0 Å². The van der Waals surface area contributed by atoms with E-state index in [0.29, 0.717) is 6.54 Å². The maximum absolute atomic E-state index is 6.02. The van der Waals surface area contributed by atoms with Gasteiger partial charge in [0, 0.05) is 31.9 Å². The summed E-state index contributed by atoms with van der Waals surface area (Å²) in [5.74, 6) is 0.887. The molecule has 6 nitrogen and oxygen atoms in total. The number of rotatable bonds is 4. The fraction of sp³-hybridized carbons (Fsp3) is 0.500. The van der Waals surface area contributed by atoms with Crippen molar-refractivity contribution in [2.45, 2.75) is 33.9 Å². The second-order valence-electron chi connectivity index (χ2n) is 4.43. The Labute approximate surface area is 107 Å². The minimum absolute atomic E-state index is 0.703. The number of hydrogen-bond donors (Lipinski definition) is 2. The first kappa shape index (κ1) is 12.5. The van der Waals surface area contributed by atoms with Gasteiger partial charge in [0.25, 0.3) is 0 Å². The summed E-state index contributed by atoms with van der Waals surface area (Å²) in [5, 5.41) is 12.0. The third-order valence-electron chi connectivity index (χ3n) is 3.03. The summed E-state index contributed by atoms with van der Waals surface area (Å²) in [6.07, 6.45) is 2.01. The molecule has 2 heterocycles. The van der Waals surface area contributed by atoms with Crippen LogP contribution < -0.4 is 11.1 Å². The quantitative estimate of drug-likeness (QED) is 0.858. The van der Waals surface area contributed by atoms with Crippen molar-refractivity contribution in [1.29, 1.82) is 0 Å². The van der Waals surface area contributed by atoms with Crippen LogP contribution in [-0.2, 0) is 20.1 Å². The Morgan fingerprint density at radius 3 is 2.56 bits per heavy atom. The summed E-state index contributed by atoms with van der Waals surface area (Å²) in [5.41, 5.74) is 9.80. The molecule has 0 aromatic carbocycles. The van der Waals surface area contributed by atoms with Crippen molar-refractivity contribution in [2.24, 2.45) is 7.05 Å². The third kappa shape index (κ3) is 2.18. The van der Waals surface area contributed by atoms with Crippen molar-refractivity contribution in [3.05, 3.63) is 23.1 Å². The van der Waals surface area contributed by atoms with Crippen LogP contribution in [0.25, 0.3) is 0 Å². The fourth-order valence-electron chi connectivity index (χ4n) is 2.01. The van der Waals surface area contributed by atoms with Crippen molar-refractivity contribution >= 4 is 11.5 Å². The van der Waals surface area contributed by atoms with Crippen molar-refractivity contribution < 1.29 is 0 Å². The zero-order valence-corrected chi connectivity index (χ0v) is 11.4. The first-order valence-electron chi connectivity index (χ1n) is 6.08. The Bertz CT molecular complexity index is 551. The highest BCUT2D eigenvalue weighted by molar-refractivity contribution is 5.64. The number of nitrogens with two attached hydrogens (primary N) is 1. The molecule has 0 bridgehead atoms. The fourth-order valence-corrected chi connectivity index (χ4v) is 2.01. The van der Waals surface area contributed by atoms with Crippen LogP contribution in [0, 0.1) is 13.8 Å². The number of nitrogens with one attached hydrogen (secondary N) is 1. The highest BCUT2D eigenvalue weighted by atomic mass is 15.3. The van der Waals surface area contributed by atoms with E-state index in [4.69, 9.17) is 5.73 Å². The van der Waals surface area contributed by atoms with Gasteiger partial charge in [0.05, 0.1) is 17.1 Å². The van der Waals surface area contributed by atoms with E-state index in [1.807, 2.05) is 43.4 Å². The molecule has 2 aromatic rings. The maximum Gasteiger partial charge on any atom is 0.148 e. The number of anilines is 2. The molecule has 0 spiro atoms. The lowest BCUT2D eigenvalue weighted by molar-refractivity contribution is 0.657. The van der Waals surface area contributed by atoms with Crippen molar-refractivity contribution in [3.63, 3.8) is 0 Å². The number of aromatic nitrogens is 4. The largest absolute Gasteiger partial charge is 0.394 e. The minimum atomic E-state index is 0.703. The standard InChI is InChI=1S/C12H20N6/c1-5-18-12(11(13)9(3)16-18)14-6-10-7-17(4)15-8(10)2/h7,14H,5-6,13H2,1-4H3. The number of nitrogens with zero attached hydrogens (tertiary/aromatic N) is 4. The molecule has 0 aliphatic heterocycles. The molecule has 98 valence electrons. The summed E-state index contributed by atoms with van der Waals surface area (Å²) < 4.78 is 3.70. The van der Waals surface area contributed by atoms with Gasteiger partial charge < -0.3 is 11.1 Å². The minimum Gasteiger partial charge on any atom is -0.394 e. The van der Waals surface area contributed by atoms with E-state index >= 15 is 0 Å². The molecule has 0 unspecified atom stereocenters. The number of aryl methyl sites for hydroxylation is 4. The van der Waals surface area contributed by atoms with E-state index in [9.17, 15) is 0 Å². The van der Waals surface area contributed by atoms with Gasteiger partial charge in [-0.15, -0.1) is 0 Å². The van der Waals surface area contributed by atoms with Crippen LogP contribution in [0.1, 0.15) is 23.9 Å². The van der Waals surface area contributed by atoms with Crippen LogP contribution >= 0.6 is 0 Å². The molecule has 0 saturated heterocycles. The molecule has 0 amide bonds. The predicted molar refractivity (Wildman–Crippen MR) is 72.3 cm³/mol. The first-order chi connectivity index (χ1) is 8.52. The normalized spacial score (nSPS) is 10.9. The highest BCUT2D eigenvalue weighted by Crippen LogP contribution is 2.22. The Morgan fingerprint density at radius 2 is 2.00 bits per heavy atom. The second kappa shape index (κ2) is 4.72. The summed E-state index contributed by atoms with van der Waals surface area (Å²) in [4.78, 5) is 0. The van der Waals surface area contributed by atoms with E-state index in [0.717, 1.165) is 29.4 Å². The molecule has 18 heavy (non-hydrogen) atoms. The van der Waals surface area contributed by atoms with Crippen LogP contribution in [-0.4, -0.2) is 19.6 Å². The number of hydrogen-bond acceptors (Lipinski definition) is 4. The Balaban J connectivity index is 2.17. The number of nitrogen functional groups attached to an aromatic ring is 1. The molecule has 3 N–H and O–H groups in total. The summed E-state index contributed by atoms with van der Waals surface area (Å²) in [6.45, 7) is 7.47. The van der Waals surface area contributed by atoms with E-state index in [2.05, 4.69) is 15.5 Å². The van der Waals surface area contributed by atoms with Crippen molar-refractivity contribution in [1.82, 2.24) is 19.6 Å². The van der Waals surface area contributed by atoms with Crippen LogP contribution in [0.15, 0.2) is 6.20 Å². The molecule has 0 saturated carbocycles. The summed E-state index contributed by atoms with van der Waals surface area (Å²) in [7, 11) is 1.92. The molecule has 0 aliphatic rings. The Morgan fingerprint density at radius 1 is 1.28 bits per heavy atom. The smallest absolute Gasteiger partial charge is 0.148 e. The third-order valence-corrected chi connectivity index (χ3v) is 3.03. The molecule has 2 rings (SSSR count). The molecule has 0 fully saturated rings. The zero-order valence-electron chi connectivity index (χ0n) is 11.4. The summed E-state index contributed by atoms with van der Waals surface area (Å²) in [6, 6.07) is 0. The van der Waals surface area contributed by atoms with Gasteiger partial charge in [0.15, 0.2) is 0 Å². The van der Waals surface area contributed by atoms with Gasteiger partial charge >= 0.3 is 0 Å². The molecule has 0 atom stereocenters. The van der Waals surface area contributed by atoms with E-state index in [1.54, 1.807) is 0 Å². The van der Waals surface area contributed by atoms with Gasteiger partial charge in [0.1, 0.15) is 5.82 Å². The van der Waals surface area contributed by atoms with Crippen molar-refractivity contribution in [2.75, 3.05) is 11.1 Å². The van der Waals surface area contributed by atoms with Crippen LogP contribution in [0.5, 0.6) is 0 Å². The average molecular weight is 248 g/mol. The molecular formula is C12H20N6. The van der Waals surface area contributed by atoms with Crippen LogP contribution in [0.2, 0.25) is 0 Å². The molecule has 6 heteroatoms. The van der Waals surface area contributed by atoms with Crippen LogP contribution in [0.3, 0.4) is 0 Å².